The van der Waals surface area contributed by atoms with Crippen LogP contribution >= 0.6 is 0 Å². The number of aromatic nitrogens is 5. The minimum absolute atomic E-state index is 0.0104. The molecule has 3 heterocycles. The van der Waals surface area contributed by atoms with Crippen LogP contribution in [0.1, 0.15) is 46.2 Å². The van der Waals surface area contributed by atoms with E-state index in [2.05, 4.69) is 15.2 Å². The maximum absolute atomic E-state index is 14.3. The van der Waals surface area contributed by atoms with Crippen molar-refractivity contribution < 1.29 is 9.18 Å². The summed E-state index contributed by atoms with van der Waals surface area (Å²) in [5.41, 5.74) is 1.35. The van der Waals surface area contributed by atoms with Crippen LogP contribution < -0.4 is 0 Å². The smallest absolute Gasteiger partial charge is 0.235 e. The summed E-state index contributed by atoms with van der Waals surface area (Å²) in [6, 6.07) is 9.33. The Morgan fingerprint density at radius 2 is 2.09 bits per heavy atom. The molecule has 0 bridgehead atoms. The van der Waals surface area contributed by atoms with Crippen molar-refractivity contribution in [2.45, 2.75) is 18.6 Å². The molecule has 1 aliphatic rings. The maximum atomic E-state index is 14.3. The molecule has 0 fully saturated rings. The van der Waals surface area contributed by atoms with Gasteiger partial charge in [-0.3, -0.25) is 9.48 Å². The van der Waals surface area contributed by atoms with Crippen LogP contribution in [0, 0.1) is 0 Å². The molecule has 2 atom stereocenters. The third-order valence-corrected chi connectivity index (χ3v) is 4.02. The number of carbonyl (C=O) groups excluding carboxylic acids is 1. The fourth-order valence-electron chi connectivity index (χ4n) is 2.90. The van der Waals surface area contributed by atoms with Gasteiger partial charge in [0.25, 0.3) is 0 Å². The Hall–Kier alpha value is -2.83. The van der Waals surface area contributed by atoms with Crippen LogP contribution in [-0.2, 0) is 7.05 Å². The van der Waals surface area contributed by atoms with Gasteiger partial charge in [-0.05, 0) is 5.56 Å². The van der Waals surface area contributed by atoms with Crippen LogP contribution in [0.25, 0.3) is 0 Å². The number of rotatable bonds is 3. The Morgan fingerprint density at radius 3 is 2.78 bits per heavy atom. The molecular weight excluding hydrogens is 297 g/mol. The number of hydrogen-bond acceptors (Lipinski definition) is 4. The van der Waals surface area contributed by atoms with Crippen molar-refractivity contribution in [2.75, 3.05) is 0 Å². The number of ketones is 1. The third-order valence-electron chi connectivity index (χ3n) is 4.02. The topological polar surface area (TPSA) is 65.6 Å². The van der Waals surface area contributed by atoms with Gasteiger partial charge in [0, 0.05) is 19.7 Å². The summed E-state index contributed by atoms with van der Waals surface area (Å²) in [4.78, 5) is 16.5. The fraction of sp³-hybridized carbons (Fsp3) is 0.250. The predicted molar refractivity (Wildman–Crippen MR) is 79.7 cm³/mol. The van der Waals surface area contributed by atoms with Crippen molar-refractivity contribution in [1.29, 1.82) is 0 Å². The Balaban J connectivity index is 1.72. The summed E-state index contributed by atoms with van der Waals surface area (Å²) in [5.74, 6) is -0.124. The summed E-state index contributed by atoms with van der Waals surface area (Å²) >= 11 is 0. The van der Waals surface area contributed by atoms with E-state index in [1.807, 2.05) is 30.3 Å². The van der Waals surface area contributed by atoms with Gasteiger partial charge in [0.05, 0.1) is 17.8 Å². The van der Waals surface area contributed by atoms with Gasteiger partial charge < -0.3 is 0 Å². The molecule has 116 valence electrons. The van der Waals surface area contributed by atoms with Crippen molar-refractivity contribution >= 4 is 5.78 Å². The summed E-state index contributed by atoms with van der Waals surface area (Å²) in [7, 11) is 1.72. The first kappa shape index (κ1) is 13.8. The highest BCUT2D eigenvalue weighted by atomic mass is 19.1. The number of alkyl halides is 1. The molecule has 6 nitrogen and oxygen atoms in total. The molecule has 0 N–H and O–H groups in total. The van der Waals surface area contributed by atoms with Crippen molar-refractivity contribution in [1.82, 2.24) is 24.5 Å². The Bertz CT molecular complexity index is 870. The van der Waals surface area contributed by atoms with E-state index < -0.39 is 6.17 Å². The SMILES string of the molecule is Cn1cc(C(=O)c2nc3n(n2)C(c2ccccc2)C[C@H]3F)cn1. The maximum Gasteiger partial charge on any atom is 0.235 e. The summed E-state index contributed by atoms with van der Waals surface area (Å²) in [6.45, 7) is 0. The lowest BCUT2D eigenvalue weighted by molar-refractivity contribution is 0.102. The van der Waals surface area contributed by atoms with E-state index in [-0.39, 0.29) is 23.5 Å². The zero-order chi connectivity index (χ0) is 16.0. The monoisotopic (exact) mass is 311 g/mol. The quantitative estimate of drug-likeness (QED) is 0.696. The zero-order valence-electron chi connectivity index (χ0n) is 12.4. The standard InChI is InChI=1S/C16H14FN5O/c1-21-9-11(8-18-21)14(23)15-19-16-12(17)7-13(22(16)20-15)10-5-3-2-4-6-10/h2-6,8-9,12-13H,7H2,1H3/t12-,13?/m1/s1. The van der Waals surface area contributed by atoms with E-state index in [0.717, 1.165) is 5.56 Å². The van der Waals surface area contributed by atoms with Crippen LogP contribution in [-0.4, -0.2) is 30.3 Å². The van der Waals surface area contributed by atoms with Crippen molar-refractivity contribution in [3.63, 3.8) is 0 Å². The molecule has 7 heteroatoms. The highest BCUT2D eigenvalue weighted by molar-refractivity contribution is 6.06. The van der Waals surface area contributed by atoms with Gasteiger partial charge in [-0.25, -0.2) is 14.1 Å². The van der Waals surface area contributed by atoms with Crippen LogP contribution in [0.2, 0.25) is 0 Å². The molecule has 0 saturated carbocycles. The summed E-state index contributed by atoms with van der Waals surface area (Å²) in [6.07, 6.45) is 2.12. The van der Waals surface area contributed by atoms with E-state index in [4.69, 9.17) is 0 Å². The van der Waals surface area contributed by atoms with E-state index in [0.29, 0.717) is 12.0 Å². The predicted octanol–water partition coefficient (Wildman–Crippen LogP) is 2.25. The van der Waals surface area contributed by atoms with Crippen LogP contribution in [0.5, 0.6) is 0 Å². The molecule has 1 aliphatic heterocycles. The van der Waals surface area contributed by atoms with Crippen LogP contribution in [0.4, 0.5) is 4.39 Å². The lowest BCUT2D eigenvalue weighted by Gasteiger charge is -2.11. The highest BCUT2D eigenvalue weighted by Gasteiger charge is 2.36. The molecule has 0 saturated heterocycles. The first-order valence-corrected chi connectivity index (χ1v) is 7.32. The minimum Gasteiger partial charge on any atom is -0.285 e. The molecule has 0 aliphatic carbocycles. The molecule has 0 amide bonds. The van der Waals surface area contributed by atoms with Gasteiger partial charge >= 0.3 is 0 Å². The summed E-state index contributed by atoms with van der Waals surface area (Å²) in [5, 5.41) is 8.23. The Labute approximate surface area is 131 Å². The molecule has 0 radical (unpaired) electrons. The molecule has 2 aromatic heterocycles. The normalized spacial score (nSPS) is 19.7. The number of carbonyl (C=O) groups is 1. The van der Waals surface area contributed by atoms with E-state index in [9.17, 15) is 9.18 Å². The fourth-order valence-corrected chi connectivity index (χ4v) is 2.90. The van der Waals surface area contributed by atoms with Gasteiger partial charge in [-0.2, -0.15) is 5.10 Å². The van der Waals surface area contributed by atoms with E-state index in [1.54, 1.807) is 13.2 Å². The first-order valence-electron chi connectivity index (χ1n) is 7.32. The number of nitrogens with zero attached hydrogens (tertiary/aromatic N) is 5. The number of halogens is 1. The van der Waals surface area contributed by atoms with E-state index in [1.165, 1.54) is 15.6 Å². The van der Waals surface area contributed by atoms with Gasteiger partial charge in [0.2, 0.25) is 11.6 Å². The van der Waals surface area contributed by atoms with Crippen molar-refractivity contribution in [3.05, 3.63) is 65.5 Å². The van der Waals surface area contributed by atoms with Gasteiger partial charge in [-0.1, -0.05) is 30.3 Å². The Morgan fingerprint density at radius 1 is 1.30 bits per heavy atom. The number of aryl methyl sites for hydroxylation is 1. The highest BCUT2D eigenvalue weighted by Crippen LogP contribution is 2.39. The van der Waals surface area contributed by atoms with Crippen LogP contribution in [0.3, 0.4) is 0 Å². The zero-order valence-corrected chi connectivity index (χ0v) is 12.4. The molecule has 4 rings (SSSR count). The second-order valence-corrected chi connectivity index (χ2v) is 5.60. The lowest BCUT2D eigenvalue weighted by Crippen LogP contribution is -2.10. The molecule has 23 heavy (non-hydrogen) atoms. The molecule has 3 aromatic rings. The van der Waals surface area contributed by atoms with E-state index >= 15 is 0 Å². The van der Waals surface area contributed by atoms with Crippen LogP contribution in [0.15, 0.2) is 42.7 Å². The average molecular weight is 311 g/mol. The molecule has 1 unspecified atom stereocenters. The molecular formula is C16H14FN5O. The largest absolute Gasteiger partial charge is 0.285 e. The molecule has 0 spiro atoms. The van der Waals surface area contributed by atoms with Gasteiger partial charge in [-0.15, -0.1) is 5.10 Å². The Kier molecular flexibility index (Phi) is 3.07. The van der Waals surface area contributed by atoms with Crippen molar-refractivity contribution in [2.24, 2.45) is 7.05 Å². The lowest BCUT2D eigenvalue weighted by atomic mass is 10.0. The number of benzene rings is 1. The first-order chi connectivity index (χ1) is 11.1. The second-order valence-electron chi connectivity index (χ2n) is 5.60. The summed E-state index contributed by atoms with van der Waals surface area (Å²) < 4.78 is 17.3. The number of fused-ring (bicyclic) bond motifs is 1. The molecule has 1 aromatic carbocycles. The van der Waals surface area contributed by atoms with Gasteiger partial charge in [0.1, 0.15) is 0 Å². The third kappa shape index (κ3) is 2.25. The second kappa shape index (κ2) is 5.12. The number of hydrogen-bond donors (Lipinski definition) is 0. The van der Waals surface area contributed by atoms with Gasteiger partial charge in [0.15, 0.2) is 12.0 Å². The minimum atomic E-state index is -1.22. The van der Waals surface area contributed by atoms with Crippen molar-refractivity contribution in [3.8, 4) is 0 Å². The average Bonchev–Trinajstić information content (AvgIpc) is 3.25.